The van der Waals surface area contributed by atoms with E-state index in [1.807, 2.05) is 25.2 Å². The second kappa shape index (κ2) is 5.15. The molecule has 1 aromatic carbocycles. The van der Waals surface area contributed by atoms with Crippen LogP contribution in [0.1, 0.15) is 24.4 Å². The summed E-state index contributed by atoms with van der Waals surface area (Å²) in [6, 6.07) is 10.2. The molecule has 2 saturated heterocycles. The van der Waals surface area contributed by atoms with Crippen molar-refractivity contribution in [2.75, 3.05) is 26.7 Å². The number of hydrogen-bond donors (Lipinski definition) is 1. The van der Waals surface area contributed by atoms with E-state index in [-0.39, 0.29) is 23.3 Å². The Hall–Kier alpha value is -1.88. The predicted molar refractivity (Wildman–Crippen MR) is 77.3 cm³/mol. The summed E-state index contributed by atoms with van der Waals surface area (Å²) in [4.78, 5) is 27.5. The van der Waals surface area contributed by atoms with Crippen molar-refractivity contribution in [2.24, 2.45) is 5.41 Å². The van der Waals surface area contributed by atoms with Crippen LogP contribution in [0.4, 0.5) is 0 Å². The highest BCUT2D eigenvalue weighted by Crippen LogP contribution is 2.55. The zero-order valence-corrected chi connectivity index (χ0v) is 12.2. The van der Waals surface area contributed by atoms with Gasteiger partial charge in [-0.05, 0) is 18.4 Å². The lowest BCUT2D eigenvalue weighted by molar-refractivity contribution is -0.178. The van der Waals surface area contributed by atoms with Crippen LogP contribution in [0.5, 0.6) is 0 Å². The number of nitrogens with zero attached hydrogens (tertiary/aromatic N) is 2. The fraction of sp³-hybridized carbons (Fsp3) is 0.500. The van der Waals surface area contributed by atoms with Crippen LogP contribution in [0.2, 0.25) is 0 Å². The van der Waals surface area contributed by atoms with Gasteiger partial charge in [0.05, 0.1) is 11.5 Å². The van der Waals surface area contributed by atoms with Crippen molar-refractivity contribution in [3.8, 4) is 0 Å². The lowest BCUT2D eigenvalue weighted by atomic mass is 9.62. The summed E-state index contributed by atoms with van der Waals surface area (Å²) in [5.74, 6) is -0.0753. The van der Waals surface area contributed by atoms with Crippen molar-refractivity contribution < 1.29 is 14.7 Å². The van der Waals surface area contributed by atoms with Crippen molar-refractivity contribution in [2.45, 2.75) is 18.9 Å². The molecule has 1 N–H and O–H groups in total. The summed E-state index contributed by atoms with van der Waals surface area (Å²) < 4.78 is 0. The number of carbonyl (C=O) groups excluding carboxylic acids is 2. The Kier molecular flexibility index (Phi) is 3.45. The minimum atomic E-state index is -0.455. The molecular weight excluding hydrogens is 268 g/mol. The molecule has 0 aliphatic carbocycles. The molecule has 3 rings (SSSR count). The molecule has 0 saturated carbocycles. The molecule has 21 heavy (non-hydrogen) atoms. The maximum atomic E-state index is 12.4. The first kappa shape index (κ1) is 14.1. The zero-order valence-electron chi connectivity index (χ0n) is 12.2. The molecule has 112 valence electrons. The van der Waals surface area contributed by atoms with Gasteiger partial charge >= 0.3 is 0 Å². The number of benzene rings is 1. The van der Waals surface area contributed by atoms with Crippen molar-refractivity contribution in [3.05, 3.63) is 35.9 Å². The van der Waals surface area contributed by atoms with Crippen LogP contribution in [0.25, 0.3) is 0 Å². The van der Waals surface area contributed by atoms with Crippen molar-refractivity contribution in [3.63, 3.8) is 0 Å². The second-order valence-corrected chi connectivity index (χ2v) is 5.92. The molecular formula is C16H20N2O3. The Bertz CT molecular complexity index is 550. The average molecular weight is 288 g/mol. The molecule has 1 aromatic rings. The first-order valence-electron chi connectivity index (χ1n) is 7.31. The van der Waals surface area contributed by atoms with E-state index in [4.69, 9.17) is 5.11 Å². The van der Waals surface area contributed by atoms with Gasteiger partial charge in [-0.2, -0.15) is 0 Å². The minimum absolute atomic E-state index is 0.0950. The Morgan fingerprint density at radius 1 is 1.29 bits per heavy atom. The number of amides is 2. The Morgan fingerprint density at radius 3 is 2.48 bits per heavy atom. The van der Waals surface area contributed by atoms with E-state index in [0.717, 1.165) is 5.56 Å². The smallest absolute Gasteiger partial charge is 0.248 e. The van der Waals surface area contributed by atoms with Crippen molar-refractivity contribution in [1.82, 2.24) is 9.80 Å². The van der Waals surface area contributed by atoms with Gasteiger partial charge in [-0.25, -0.2) is 0 Å². The Morgan fingerprint density at radius 2 is 1.90 bits per heavy atom. The molecule has 5 heteroatoms. The molecule has 2 aliphatic heterocycles. The maximum absolute atomic E-state index is 12.4. The van der Waals surface area contributed by atoms with E-state index in [9.17, 15) is 9.59 Å². The van der Waals surface area contributed by atoms with Crippen LogP contribution in [0, 0.1) is 5.41 Å². The molecule has 0 radical (unpaired) electrons. The van der Waals surface area contributed by atoms with Gasteiger partial charge in [0.1, 0.15) is 6.61 Å². The number of aliphatic hydroxyl groups is 1. The van der Waals surface area contributed by atoms with Gasteiger partial charge < -0.3 is 14.9 Å². The van der Waals surface area contributed by atoms with Gasteiger partial charge in [-0.15, -0.1) is 0 Å². The van der Waals surface area contributed by atoms with Gasteiger partial charge in [0.25, 0.3) is 0 Å². The molecule has 0 bridgehead atoms. The molecule has 2 aliphatic rings. The monoisotopic (exact) mass is 288 g/mol. The van der Waals surface area contributed by atoms with Gasteiger partial charge in [0, 0.05) is 20.1 Å². The Balaban J connectivity index is 1.81. The number of likely N-dealkylation sites (tertiary alicyclic amines) is 2. The first-order valence-corrected chi connectivity index (χ1v) is 7.31. The fourth-order valence-corrected chi connectivity index (χ4v) is 3.81. The number of hydrogen-bond acceptors (Lipinski definition) is 3. The van der Waals surface area contributed by atoms with Gasteiger partial charge in [0.15, 0.2) is 0 Å². The zero-order chi connectivity index (χ0) is 15.0. The van der Waals surface area contributed by atoms with E-state index < -0.39 is 6.61 Å². The largest absolute Gasteiger partial charge is 0.387 e. The van der Waals surface area contributed by atoms with Crippen LogP contribution < -0.4 is 0 Å². The van der Waals surface area contributed by atoms with E-state index in [1.54, 1.807) is 9.80 Å². The van der Waals surface area contributed by atoms with Crippen molar-refractivity contribution >= 4 is 11.8 Å². The predicted octanol–water partition coefficient (Wildman–Crippen LogP) is 0.801. The van der Waals surface area contributed by atoms with Gasteiger partial charge in [0.2, 0.25) is 11.8 Å². The third-order valence-corrected chi connectivity index (χ3v) is 4.92. The van der Waals surface area contributed by atoms with E-state index in [1.165, 1.54) is 0 Å². The lowest BCUT2D eigenvalue weighted by Crippen LogP contribution is -2.65. The van der Waals surface area contributed by atoms with Crippen molar-refractivity contribution in [1.29, 1.82) is 0 Å². The van der Waals surface area contributed by atoms with E-state index in [0.29, 0.717) is 25.9 Å². The topological polar surface area (TPSA) is 60.9 Å². The SMILES string of the molecule is CN1C(=O)C2(CCN(C(=O)CO)CC2)[C@H]1c1ccccc1. The van der Waals surface area contributed by atoms with Crippen LogP contribution >= 0.6 is 0 Å². The van der Waals surface area contributed by atoms with Crippen LogP contribution in [-0.2, 0) is 9.59 Å². The normalized spacial score (nSPS) is 24.1. The third-order valence-electron chi connectivity index (χ3n) is 4.92. The number of carbonyl (C=O) groups is 2. The highest BCUT2D eigenvalue weighted by atomic mass is 16.3. The minimum Gasteiger partial charge on any atom is -0.387 e. The standard InChI is InChI=1S/C16H20N2O3/c1-17-14(12-5-3-2-4-6-12)16(15(17)21)7-9-18(10-8-16)13(20)11-19/h2-6,14,19H,7-11H2,1H3/t14-/m1/s1. The molecule has 2 heterocycles. The summed E-state index contributed by atoms with van der Waals surface area (Å²) in [7, 11) is 1.84. The maximum Gasteiger partial charge on any atom is 0.248 e. The number of piperidine rings is 1. The summed E-state index contributed by atoms with van der Waals surface area (Å²) in [6.45, 7) is 0.633. The summed E-state index contributed by atoms with van der Waals surface area (Å²) in [5, 5.41) is 8.95. The number of rotatable bonds is 2. The van der Waals surface area contributed by atoms with Crippen LogP contribution in [0.3, 0.4) is 0 Å². The van der Waals surface area contributed by atoms with E-state index >= 15 is 0 Å². The summed E-state index contributed by atoms with van der Waals surface area (Å²) >= 11 is 0. The molecule has 0 unspecified atom stereocenters. The molecule has 1 spiro atoms. The third kappa shape index (κ3) is 2.03. The van der Waals surface area contributed by atoms with E-state index in [2.05, 4.69) is 12.1 Å². The highest BCUT2D eigenvalue weighted by Gasteiger charge is 2.60. The molecule has 1 atom stereocenters. The van der Waals surface area contributed by atoms with Gasteiger partial charge in [-0.1, -0.05) is 30.3 Å². The molecule has 0 aromatic heterocycles. The van der Waals surface area contributed by atoms with Crippen LogP contribution in [0.15, 0.2) is 30.3 Å². The number of aliphatic hydroxyl groups excluding tert-OH is 1. The van der Waals surface area contributed by atoms with Gasteiger partial charge in [-0.3, -0.25) is 9.59 Å². The average Bonchev–Trinajstić information content (AvgIpc) is 2.55. The second-order valence-electron chi connectivity index (χ2n) is 5.92. The number of β-lactam (4-membered cyclic amide) rings is 1. The first-order chi connectivity index (χ1) is 10.1. The Labute approximate surface area is 124 Å². The lowest BCUT2D eigenvalue weighted by Gasteiger charge is -2.57. The molecule has 2 amide bonds. The fourth-order valence-electron chi connectivity index (χ4n) is 3.81. The van der Waals surface area contributed by atoms with Crippen LogP contribution in [-0.4, -0.2) is 53.5 Å². The summed E-state index contributed by atoms with van der Waals surface area (Å²) in [6.07, 6.45) is 1.34. The quantitative estimate of drug-likeness (QED) is 0.819. The molecule has 5 nitrogen and oxygen atoms in total. The highest BCUT2D eigenvalue weighted by molar-refractivity contribution is 5.91. The molecule has 2 fully saturated rings. The summed E-state index contributed by atoms with van der Waals surface area (Å²) in [5.41, 5.74) is 0.782.